The van der Waals surface area contributed by atoms with E-state index in [1.807, 2.05) is 48.4 Å². The summed E-state index contributed by atoms with van der Waals surface area (Å²) in [5.41, 5.74) is 2.24. The molecule has 0 bridgehead atoms. The van der Waals surface area contributed by atoms with Crippen LogP contribution in [-0.4, -0.2) is 48.6 Å². The molecule has 2 amide bonds. The second-order valence-corrected chi connectivity index (χ2v) is 7.78. The lowest BCUT2D eigenvalue weighted by atomic mass is 10.0. The Morgan fingerprint density at radius 3 is 2.75 bits per heavy atom. The van der Waals surface area contributed by atoms with Gasteiger partial charge in [-0.1, -0.05) is 48.0 Å². The molecule has 2 atom stereocenters. The van der Waals surface area contributed by atoms with E-state index in [-0.39, 0.29) is 23.9 Å². The van der Waals surface area contributed by atoms with Gasteiger partial charge in [0.15, 0.2) is 0 Å². The van der Waals surface area contributed by atoms with Gasteiger partial charge in [-0.3, -0.25) is 0 Å². The van der Waals surface area contributed by atoms with Crippen LogP contribution in [0.2, 0.25) is 5.02 Å². The van der Waals surface area contributed by atoms with Gasteiger partial charge in [-0.25, -0.2) is 9.18 Å². The highest BCUT2D eigenvalue weighted by Crippen LogP contribution is 2.37. The molecule has 0 saturated carbocycles. The van der Waals surface area contributed by atoms with E-state index in [1.54, 1.807) is 11.0 Å². The lowest BCUT2D eigenvalue weighted by molar-refractivity contribution is 0.148. The number of hydrogen-bond acceptors (Lipinski definition) is 2. The fraction of sp³-hybridized carbons (Fsp3) is 0.318. The molecule has 2 aliphatic heterocycles. The first-order valence-electron chi connectivity index (χ1n) is 9.50. The predicted molar refractivity (Wildman–Crippen MR) is 110 cm³/mol. The number of hydrogen-bond donors (Lipinski definition) is 1. The third kappa shape index (κ3) is 3.64. The maximum Gasteiger partial charge on any atom is 0.321 e. The van der Waals surface area contributed by atoms with Gasteiger partial charge in [0.05, 0.1) is 6.04 Å². The van der Waals surface area contributed by atoms with Gasteiger partial charge in [0.25, 0.3) is 0 Å². The summed E-state index contributed by atoms with van der Waals surface area (Å²) in [5.74, 6) is -0.329. The normalized spacial score (nSPS) is 21.7. The Morgan fingerprint density at radius 1 is 1.25 bits per heavy atom. The summed E-state index contributed by atoms with van der Waals surface area (Å²) >= 11 is 6.09. The first-order chi connectivity index (χ1) is 13.5. The van der Waals surface area contributed by atoms with Crippen LogP contribution < -0.4 is 5.32 Å². The van der Waals surface area contributed by atoms with E-state index in [0.717, 1.165) is 30.6 Å². The molecule has 1 N–H and O–H groups in total. The minimum Gasteiger partial charge on any atom is -0.323 e. The Hall–Kier alpha value is -2.37. The minimum absolute atomic E-state index is 0.0451. The van der Waals surface area contributed by atoms with Crippen molar-refractivity contribution < 1.29 is 9.18 Å². The van der Waals surface area contributed by atoms with E-state index >= 15 is 0 Å². The van der Waals surface area contributed by atoms with Crippen LogP contribution in [-0.2, 0) is 0 Å². The van der Waals surface area contributed by atoms with Crippen molar-refractivity contribution in [3.8, 4) is 0 Å². The fourth-order valence-corrected chi connectivity index (χ4v) is 4.15. The summed E-state index contributed by atoms with van der Waals surface area (Å²) in [6.07, 6.45) is 2.91. The average molecular weight is 400 g/mol. The van der Waals surface area contributed by atoms with Gasteiger partial charge in [-0.2, -0.15) is 0 Å². The summed E-state index contributed by atoms with van der Waals surface area (Å²) in [7, 11) is 1.85. The highest BCUT2D eigenvalue weighted by Gasteiger charge is 2.35. The molecule has 4 rings (SSSR count). The molecule has 2 heterocycles. The predicted octanol–water partition coefficient (Wildman–Crippen LogP) is 4.33. The van der Waals surface area contributed by atoms with Crippen molar-refractivity contribution >= 4 is 23.2 Å². The lowest BCUT2D eigenvalue weighted by Crippen LogP contribution is -2.46. The van der Waals surface area contributed by atoms with E-state index in [2.05, 4.69) is 5.32 Å². The molecule has 2 aromatic rings. The fourth-order valence-electron chi connectivity index (χ4n) is 3.98. The first-order valence-corrected chi connectivity index (χ1v) is 9.87. The van der Waals surface area contributed by atoms with Crippen LogP contribution in [0.4, 0.5) is 9.18 Å². The molecule has 0 radical (unpaired) electrons. The molecule has 0 aliphatic carbocycles. The van der Waals surface area contributed by atoms with Crippen molar-refractivity contribution in [2.24, 2.45) is 0 Å². The van der Waals surface area contributed by atoms with Crippen molar-refractivity contribution in [1.82, 2.24) is 15.1 Å². The van der Waals surface area contributed by atoms with Crippen molar-refractivity contribution in [3.63, 3.8) is 0 Å². The van der Waals surface area contributed by atoms with Gasteiger partial charge < -0.3 is 15.1 Å². The Labute approximate surface area is 169 Å². The van der Waals surface area contributed by atoms with E-state index in [9.17, 15) is 9.18 Å². The van der Waals surface area contributed by atoms with Crippen molar-refractivity contribution in [2.75, 3.05) is 26.7 Å². The van der Waals surface area contributed by atoms with Crippen LogP contribution in [0.15, 0.2) is 54.6 Å². The number of likely N-dealkylation sites (N-methyl/N-ethyl adjacent to an activating group) is 1. The topological polar surface area (TPSA) is 35.6 Å². The van der Waals surface area contributed by atoms with Gasteiger partial charge in [-0.05, 0) is 42.3 Å². The Morgan fingerprint density at radius 2 is 2.04 bits per heavy atom. The van der Waals surface area contributed by atoms with Gasteiger partial charge in [0, 0.05) is 36.8 Å². The number of carbonyl (C=O) groups is 1. The summed E-state index contributed by atoms with van der Waals surface area (Å²) < 4.78 is 14.5. The quantitative estimate of drug-likeness (QED) is 0.833. The zero-order chi connectivity index (χ0) is 19.7. The molecule has 146 valence electrons. The molecule has 0 unspecified atom stereocenters. The molecular weight excluding hydrogens is 377 g/mol. The number of nitrogens with zero attached hydrogens (tertiary/aromatic N) is 2. The van der Waals surface area contributed by atoms with E-state index in [4.69, 9.17) is 11.6 Å². The maximum absolute atomic E-state index is 14.5. The number of rotatable bonds is 3. The molecule has 0 aromatic heterocycles. The van der Waals surface area contributed by atoms with Gasteiger partial charge in [0.2, 0.25) is 0 Å². The van der Waals surface area contributed by atoms with E-state index in [1.165, 1.54) is 12.1 Å². The third-order valence-electron chi connectivity index (χ3n) is 5.58. The molecular formula is C22H23ClFN3O. The van der Waals surface area contributed by atoms with Crippen molar-refractivity contribution in [1.29, 1.82) is 0 Å². The Bertz CT molecular complexity index is 896. The summed E-state index contributed by atoms with van der Waals surface area (Å²) in [6, 6.07) is 14.3. The second kappa shape index (κ2) is 7.94. The van der Waals surface area contributed by atoms with Crippen LogP contribution in [0.3, 0.4) is 0 Å². The largest absolute Gasteiger partial charge is 0.323 e. The minimum atomic E-state index is -0.329. The SMILES string of the molecule is CN(C(=O)N1CC(c2cc(Cl)ccc2F)=C[C@H]1c1ccccc1)[C@H]1CCNC1. The Kier molecular flexibility index (Phi) is 5.38. The molecule has 4 nitrogen and oxygen atoms in total. The van der Waals surface area contributed by atoms with E-state index < -0.39 is 0 Å². The van der Waals surface area contributed by atoms with E-state index in [0.29, 0.717) is 17.1 Å². The number of urea groups is 1. The number of nitrogens with one attached hydrogen (secondary N) is 1. The lowest BCUT2D eigenvalue weighted by Gasteiger charge is -2.33. The standard InChI is InChI=1S/C22H23ClFN3O/c1-26(18-9-10-25-13-18)22(28)27-14-16(19-12-17(23)7-8-20(19)24)11-21(27)15-5-3-2-4-6-15/h2-8,11-12,18,21,25H,9-10,13-14H2,1H3/t18-,21-/m0/s1. The molecule has 2 aromatic carbocycles. The highest BCUT2D eigenvalue weighted by atomic mass is 35.5. The first kappa shape index (κ1) is 19.0. The Balaban J connectivity index is 1.67. The summed E-state index contributed by atoms with van der Waals surface area (Å²) in [5, 5.41) is 3.78. The summed E-state index contributed by atoms with van der Waals surface area (Å²) in [6.45, 7) is 2.07. The zero-order valence-corrected chi connectivity index (χ0v) is 16.5. The number of benzene rings is 2. The average Bonchev–Trinajstić information content (AvgIpc) is 3.39. The maximum atomic E-state index is 14.5. The smallest absolute Gasteiger partial charge is 0.321 e. The zero-order valence-electron chi connectivity index (χ0n) is 15.7. The van der Waals surface area contributed by atoms with Crippen molar-refractivity contribution in [2.45, 2.75) is 18.5 Å². The van der Waals surface area contributed by atoms with Crippen LogP contribution in [0.1, 0.15) is 23.6 Å². The number of amides is 2. The van der Waals surface area contributed by atoms with Gasteiger partial charge in [-0.15, -0.1) is 0 Å². The van der Waals surface area contributed by atoms with Gasteiger partial charge in [0.1, 0.15) is 5.82 Å². The van der Waals surface area contributed by atoms with Crippen LogP contribution in [0, 0.1) is 5.82 Å². The number of halogens is 2. The third-order valence-corrected chi connectivity index (χ3v) is 5.82. The molecule has 0 spiro atoms. The second-order valence-electron chi connectivity index (χ2n) is 7.34. The molecule has 1 saturated heterocycles. The van der Waals surface area contributed by atoms with Crippen LogP contribution >= 0.6 is 11.6 Å². The molecule has 28 heavy (non-hydrogen) atoms. The highest BCUT2D eigenvalue weighted by molar-refractivity contribution is 6.30. The molecule has 2 aliphatic rings. The van der Waals surface area contributed by atoms with Crippen LogP contribution in [0.25, 0.3) is 5.57 Å². The monoisotopic (exact) mass is 399 g/mol. The van der Waals surface area contributed by atoms with Gasteiger partial charge >= 0.3 is 6.03 Å². The summed E-state index contributed by atoms with van der Waals surface area (Å²) in [4.78, 5) is 16.9. The van der Waals surface area contributed by atoms with Crippen molar-refractivity contribution in [3.05, 3.63) is 76.6 Å². The molecule has 1 fully saturated rings. The van der Waals surface area contributed by atoms with Crippen LogP contribution in [0.5, 0.6) is 0 Å². The molecule has 6 heteroatoms. The number of carbonyl (C=O) groups excluding carboxylic acids is 1.